The smallest absolute Gasteiger partial charge is 0.178 e. The number of aromatic nitrogens is 1. The summed E-state index contributed by atoms with van der Waals surface area (Å²) in [6.07, 6.45) is 1.89. The van der Waals surface area contributed by atoms with Crippen LogP contribution in [0, 0.1) is 0 Å². The number of benzene rings is 1. The number of nitrogens with one attached hydrogen (secondary N) is 1. The summed E-state index contributed by atoms with van der Waals surface area (Å²) in [6, 6.07) is 7.67. The molecule has 1 saturated heterocycles. The Hall–Kier alpha value is -1.78. The molecule has 0 saturated carbocycles. The molecule has 2 heterocycles. The number of ether oxygens (including phenoxy) is 1. The van der Waals surface area contributed by atoms with Crippen molar-refractivity contribution >= 4 is 23.1 Å². The van der Waals surface area contributed by atoms with Gasteiger partial charge in [-0.25, -0.2) is 0 Å². The Morgan fingerprint density at radius 2 is 1.90 bits per heavy atom. The number of hydrogen-bond donors (Lipinski definition) is 1. The third-order valence-corrected chi connectivity index (χ3v) is 3.94. The van der Waals surface area contributed by atoms with E-state index in [0.717, 1.165) is 29.9 Å². The van der Waals surface area contributed by atoms with Gasteiger partial charge in [0.1, 0.15) is 5.69 Å². The number of carbonyl (C=O) groups excluding carboxylic acids is 1. The van der Waals surface area contributed by atoms with E-state index in [1.807, 2.05) is 30.5 Å². The van der Waals surface area contributed by atoms with Crippen LogP contribution in [0.15, 0.2) is 30.5 Å². The van der Waals surface area contributed by atoms with Gasteiger partial charge >= 0.3 is 0 Å². The molecule has 0 bridgehead atoms. The first-order valence-electron chi connectivity index (χ1n) is 6.98. The highest BCUT2D eigenvalue weighted by Crippen LogP contribution is 2.35. The van der Waals surface area contributed by atoms with Gasteiger partial charge in [0, 0.05) is 36.8 Å². The van der Waals surface area contributed by atoms with Crippen molar-refractivity contribution in [2.75, 3.05) is 31.2 Å². The van der Waals surface area contributed by atoms with E-state index in [4.69, 9.17) is 16.3 Å². The predicted octanol–water partition coefficient (Wildman–Crippen LogP) is 3.37. The Morgan fingerprint density at radius 3 is 2.52 bits per heavy atom. The number of halogens is 1. The first kappa shape index (κ1) is 14.2. The number of aromatic amines is 1. The third-order valence-electron chi connectivity index (χ3n) is 3.69. The lowest BCUT2D eigenvalue weighted by atomic mass is 10.0. The van der Waals surface area contributed by atoms with E-state index in [9.17, 15) is 4.79 Å². The Kier molecular flexibility index (Phi) is 3.99. The van der Waals surface area contributed by atoms with Crippen LogP contribution in [0.2, 0.25) is 5.02 Å². The lowest BCUT2D eigenvalue weighted by Crippen LogP contribution is -2.37. The van der Waals surface area contributed by atoms with Crippen LogP contribution in [0.5, 0.6) is 0 Å². The summed E-state index contributed by atoms with van der Waals surface area (Å²) in [7, 11) is 0. The predicted molar refractivity (Wildman–Crippen MR) is 84.3 cm³/mol. The van der Waals surface area contributed by atoms with Gasteiger partial charge in [-0.15, -0.1) is 0 Å². The average molecular weight is 305 g/mol. The molecular weight excluding hydrogens is 288 g/mol. The van der Waals surface area contributed by atoms with Crippen molar-refractivity contribution in [2.24, 2.45) is 0 Å². The second kappa shape index (κ2) is 5.92. The fraction of sp³-hybridized carbons (Fsp3) is 0.312. The maximum absolute atomic E-state index is 11.9. The molecule has 1 aliphatic heterocycles. The number of nitrogens with zero attached hydrogens (tertiary/aromatic N) is 1. The van der Waals surface area contributed by atoms with Crippen molar-refractivity contribution in [2.45, 2.75) is 6.92 Å². The van der Waals surface area contributed by atoms with E-state index in [-0.39, 0.29) is 5.78 Å². The standard InChI is InChI=1S/C16H17ClN2O2/c1-11(20)15-16(19-6-8-21-9-7-19)14(10-18-15)12-2-4-13(17)5-3-12/h2-5,10,18H,6-9H2,1H3. The number of Topliss-reactive ketones (excluding diaryl/α,β-unsaturated/α-hetero) is 1. The number of ketones is 1. The minimum absolute atomic E-state index is 0.0386. The second-order valence-electron chi connectivity index (χ2n) is 5.09. The maximum Gasteiger partial charge on any atom is 0.178 e. The first-order valence-corrected chi connectivity index (χ1v) is 7.35. The van der Waals surface area contributed by atoms with Gasteiger partial charge in [0.15, 0.2) is 5.78 Å². The number of morpholine rings is 1. The van der Waals surface area contributed by atoms with Crippen LogP contribution in [0.3, 0.4) is 0 Å². The molecule has 1 aromatic heterocycles. The van der Waals surface area contributed by atoms with E-state index in [2.05, 4.69) is 9.88 Å². The topological polar surface area (TPSA) is 45.3 Å². The molecule has 0 spiro atoms. The highest BCUT2D eigenvalue weighted by Gasteiger charge is 2.23. The molecule has 0 atom stereocenters. The van der Waals surface area contributed by atoms with Crippen LogP contribution in [-0.2, 0) is 4.74 Å². The van der Waals surface area contributed by atoms with Gasteiger partial charge in [0.05, 0.1) is 18.9 Å². The molecule has 5 heteroatoms. The van der Waals surface area contributed by atoms with Crippen LogP contribution < -0.4 is 4.90 Å². The molecular formula is C16H17ClN2O2. The zero-order chi connectivity index (χ0) is 14.8. The minimum Gasteiger partial charge on any atom is -0.378 e. The fourth-order valence-corrected chi connectivity index (χ4v) is 2.77. The zero-order valence-electron chi connectivity index (χ0n) is 11.9. The van der Waals surface area contributed by atoms with Crippen molar-refractivity contribution in [3.05, 3.63) is 41.2 Å². The van der Waals surface area contributed by atoms with Crippen molar-refractivity contribution in [3.8, 4) is 11.1 Å². The minimum atomic E-state index is 0.0386. The molecule has 0 unspecified atom stereocenters. The van der Waals surface area contributed by atoms with Crippen LogP contribution in [-0.4, -0.2) is 37.1 Å². The molecule has 4 nitrogen and oxygen atoms in total. The summed E-state index contributed by atoms with van der Waals surface area (Å²) >= 11 is 5.95. The first-order chi connectivity index (χ1) is 10.2. The van der Waals surface area contributed by atoms with Crippen LogP contribution in [0.1, 0.15) is 17.4 Å². The number of hydrogen-bond acceptors (Lipinski definition) is 3. The number of carbonyl (C=O) groups is 1. The van der Waals surface area contributed by atoms with Crippen molar-refractivity contribution in [1.29, 1.82) is 0 Å². The average Bonchev–Trinajstić information content (AvgIpc) is 2.94. The zero-order valence-corrected chi connectivity index (χ0v) is 12.6. The largest absolute Gasteiger partial charge is 0.378 e. The van der Waals surface area contributed by atoms with Crippen LogP contribution >= 0.6 is 11.6 Å². The van der Waals surface area contributed by atoms with Gasteiger partial charge < -0.3 is 14.6 Å². The highest BCUT2D eigenvalue weighted by atomic mass is 35.5. The summed E-state index contributed by atoms with van der Waals surface area (Å²) in [5, 5.41) is 0.703. The molecule has 1 fully saturated rings. The molecule has 1 N–H and O–H groups in total. The van der Waals surface area contributed by atoms with Crippen LogP contribution in [0.25, 0.3) is 11.1 Å². The molecule has 0 radical (unpaired) electrons. The Balaban J connectivity index is 2.07. The summed E-state index contributed by atoms with van der Waals surface area (Å²) in [6.45, 7) is 4.53. The van der Waals surface area contributed by atoms with Gasteiger partial charge in [-0.2, -0.15) is 0 Å². The Morgan fingerprint density at radius 1 is 1.24 bits per heavy atom. The van der Waals surface area contributed by atoms with Gasteiger partial charge in [0.25, 0.3) is 0 Å². The van der Waals surface area contributed by atoms with Gasteiger partial charge in [-0.1, -0.05) is 23.7 Å². The van der Waals surface area contributed by atoms with E-state index >= 15 is 0 Å². The molecule has 1 aromatic carbocycles. The molecule has 0 aliphatic carbocycles. The number of H-pyrrole nitrogens is 1. The summed E-state index contributed by atoms with van der Waals surface area (Å²) in [5.41, 5.74) is 3.69. The Bertz CT molecular complexity index is 643. The van der Waals surface area contributed by atoms with E-state index in [0.29, 0.717) is 23.9 Å². The summed E-state index contributed by atoms with van der Waals surface area (Å²) in [5.74, 6) is 0.0386. The van der Waals surface area contributed by atoms with E-state index in [1.54, 1.807) is 6.92 Å². The summed E-state index contributed by atoms with van der Waals surface area (Å²) < 4.78 is 5.41. The number of anilines is 1. The lowest BCUT2D eigenvalue weighted by Gasteiger charge is -2.30. The van der Waals surface area contributed by atoms with Crippen molar-refractivity contribution in [3.63, 3.8) is 0 Å². The molecule has 0 amide bonds. The second-order valence-corrected chi connectivity index (χ2v) is 5.52. The monoisotopic (exact) mass is 304 g/mol. The fourth-order valence-electron chi connectivity index (χ4n) is 2.65. The highest BCUT2D eigenvalue weighted by molar-refractivity contribution is 6.30. The Labute approximate surface area is 128 Å². The normalized spacial score (nSPS) is 15.2. The molecule has 1 aliphatic rings. The molecule has 21 heavy (non-hydrogen) atoms. The maximum atomic E-state index is 11.9. The summed E-state index contributed by atoms with van der Waals surface area (Å²) in [4.78, 5) is 17.2. The lowest BCUT2D eigenvalue weighted by molar-refractivity contribution is 0.101. The molecule has 3 rings (SSSR count). The SMILES string of the molecule is CC(=O)c1[nH]cc(-c2ccc(Cl)cc2)c1N1CCOCC1. The van der Waals surface area contributed by atoms with Crippen LogP contribution in [0.4, 0.5) is 5.69 Å². The van der Waals surface area contributed by atoms with E-state index in [1.165, 1.54) is 0 Å². The quantitative estimate of drug-likeness (QED) is 0.884. The van der Waals surface area contributed by atoms with Crippen molar-refractivity contribution < 1.29 is 9.53 Å². The van der Waals surface area contributed by atoms with Crippen molar-refractivity contribution in [1.82, 2.24) is 4.98 Å². The van der Waals surface area contributed by atoms with Gasteiger partial charge in [-0.3, -0.25) is 4.79 Å². The van der Waals surface area contributed by atoms with Gasteiger partial charge in [-0.05, 0) is 17.7 Å². The molecule has 2 aromatic rings. The molecule has 110 valence electrons. The van der Waals surface area contributed by atoms with E-state index < -0.39 is 0 Å². The third kappa shape index (κ3) is 2.82. The van der Waals surface area contributed by atoms with Gasteiger partial charge in [0.2, 0.25) is 0 Å². The number of rotatable bonds is 3.